The molecule has 3 rings (SSSR count). The Kier molecular flexibility index (Phi) is 4.38. The summed E-state index contributed by atoms with van der Waals surface area (Å²) in [5.74, 6) is -0.202. The van der Waals surface area contributed by atoms with Gasteiger partial charge in [0.15, 0.2) is 0 Å². The summed E-state index contributed by atoms with van der Waals surface area (Å²) >= 11 is 0. The van der Waals surface area contributed by atoms with Crippen LogP contribution < -0.4 is 5.32 Å². The molecule has 1 atom stereocenters. The standard InChI is InChI=1S/C21H24N2O2/c1-14-10-11-17-16(12-14)19(15-8-6-5-7-9-15)23(13-18(24)22-17)20(25)21(2,3)4/h5-12,19H,13H2,1-4H3,(H,22,24)/t19-/m1/s1. The lowest BCUT2D eigenvalue weighted by Crippen LogP contribution is -2.44. The smallest absolute Gasteiger partial charge is 0.244 e. The summed E-state index contributed by atoms with van der Waals surface area (Å²) in [5.41, 5.74) is 3.26. The molecule has 25 heavy (non-hydrogen) atoms. The van der Waals surface area contributed by atoms with Gasteiger partial charge < -0.3 is 10.2 Å². The van der Waals surface area contributed by atoms with Crippen LogP contribution in [0.1, 0.15) is 43.5 Å². The summed E-state index contributed by atoms with van der Waals surface area (Å²) in [6.45, 7) is 7.72. The van der Waals surface area contributed by atoms with Crippen molar-refractivity contribution in [1.29, 1.82) is 0 Å². The minimum atomic E-state index is -0.568. The van der Waals surface area contributed by atoms with Gasteiger partial charge in [0, 0.05) is 16.7 Å². The van der Waals surface area contributed by atoms with Crippen molar-refractivity contribution in [3.05, 3.63) is 65.2 Å². The highest BCUT2D eigenvalue weighted by molar-refractivity contribution is 5.97. The second-order valence-corrected chi connectivity index (χ2v) is 7.64. The molecular weight excluding hydrogens is 312 g/mol. The van der Waals surface area contributed by atoms with Gasteiger partial charge in [0.2, 0.25) is 11.8 Å². The highest BCUT2D eigenvalue weighted by Gasteiger charge is 2.37. The van der Waals surface area contributed by atoms with Crippen LogP contribution in [0.3, 0.4) is 0 Å². The minimum absolute atomic E-state index is 0.0362. The Balaban J connectivity index is 2.22. The number of rotatable bonds is 1. The molecule has 0 bridgehead atoms. The van der Waals surface area contributed by atoms with E-state index < -0.39 is 5.41 Å². The van der Waals surface area contributed by atoms with Crippen LogP contribution in [0.5, 0.6) is 0 Å². The first-order valence-corrected chi connectivity index (χ1v) is 8.54. The van der Waals surface area contributed by atoms with Crippen molar-refractivity contribution in [3.8, 4) is 0 Å². The van der Waals surface area contributed by atoms with E-state index >= 15 is 0 Å². The van der Waals surface area contributed by atoms with Gasteiger partial charge in [-0.15, -0.1) is 0 Å². The lowest BCUT2D eigenvalue weighted by molar-refractivity contribution is -0.143. The maximum Gasteiger partial charge on any atom is 0.244 e. The number of nitrogens with one attached hydrogen (secondary N) is 1. The van der Waals surface area contributed by atoms with E-state index in [9.17, 15) is 9.59 Å². The number of hydrogen-bond donors (Lipinski definition) is 1. The highest BCUT2D eigenvalue weighted by atomic mass is 16.2. The first kappa shape index (κ1) is 17.2. The van der Waals surface area contributed by atoms with Crippen molar-refractivity contribution in [2.24, 2.45) is 5.41 Å². The quantitative estimate of drug-likeness (QED) is 0.858. The number of nitrogens with zero attached hydrogens (tertiary/aromatic N) is 1. The first-order chi connectivity index (χ1) is 11.8. The topological polar surface area (TPSA) is 49.4 Å². The molecule has 1 heterocycles. The fourth-order valence-corrected chi connectivity index (χ4v) is 3.24. The molecule has 1 aliphatic heterocycles. The molecule has 0 saturated carbocycles. The Morgan fingerprint density at radius 2 is 1.80 bits per heavy atom. The van der Waals surface area contributed by atoms with Crippen LogP contribution >= 0.6 is 0 Å². The van der Waals surface area contributed by atoms with Crippen LogP contribution in [-0.2, 0) is 9.59 Å². The first-order valence-electron chi connectivity index (χ1n) is 8.54. The molecule has 130 valence electrons. The molecule has 0 aromatic heterocycles. The Morgan fingerprint density at radius 3 is 2.44 bits per heavy atom. The van der Waals surface area contributed by atoms with Crippen molar-refractivity contribution in [2.75, 3.05) is 11.9 Å². The van der Waals surface area contributed by atoms with Crippen molar-refractivity contribution in [3.63, 3.8) is 0 Å². The molecule has 0 unspecified atom stereocenters. The fourth-order valence-electron chi connectivity index (χ4n) is 3.24. The van der Waals surface area contributed by atoms with Crippen LogP contribution in [0.4, 0.5) is 5.69 Å². The summed E-state index contributed by atoms with van der Waals surface area (Å²) in [6, 6.07) is 15.6. The summed E-state index contributed by atoms with van der Waals surface area (Å²) in [4.78, 5) is 27.3. The van der Waals surface area contributed by atoms with Gasteiger partial charge in [0.1, 0.15) is 6.54 Å². The van der Waals surface area contributed by atoms with Crippen LogP contribution in [-0.4, -0.2) is 23.3 Å². The molecule has 2 aromatic rings. The molecule has 0 saturated heterocycles. The fraction of sp³-hybridized carbons (Fsp3) is 0.333. The highest BCUT2D eigenvalue weighted by Crippen LogP contribution is 2.38. The van der Waals surface area contributed by atoms with E-state index in [1.54, 1.807) is 4.90 Å². The SMILES string of the molecule is Cc1ccc2c(c1)[C@@H](c1ccccc1)N(C(=O)C(C)(C)C)CC(=O)N2. The molecule has 1 N–H and O–H groups in total. The van der Waals surface area contributed by atoms with Gasteiger partial charge in [0.25, 0.3) is 0 Å². The molecule has 0 fully saturated rings. The lowest BCUT2D eigenvalue weighted by Gasteiger charge is -2.35. The zero-order valence-electron chi connectivity index (χ0n) is 15.2. The molecule has 0 radical (unpaired) electrons. The summed E-state index contributed by atoms with van der Waals surface area (Å²) in [6.07, 6.45) is 0. The predicted octanol–water partition coefficient (Wildman–Crippen LogP) is 3.91. The van der Waals surface area contributed by atoms with Crippen molar-refractivity contribution in [2.45, 2.75) is 33.7 Å². The molecule has 1 aliphatic rings. The van der Waals surface area contributed by atoms with Crippen LogP contribution in [0.25, 0.3) is 0 Å². The zero-order valence-corrected chi connectivity index (χ0v) is 15.2. The summed E-state index contributed by atoms with van der Waals surface area (Å²) in [7, 11) is 0. The molecule has 4 nitrogen and oxygen atoms in total. The van der Waals surface area contributed by atoms with Gasteiger partial charge >= 0.3 is 0 Å². The van der Waals surface area contributed by atoms with E-state index in [1.807, 2.05) is 70.2 Å². The Bertz CT molecular complexity index is 806. The van der Waals surface area contributed by atoms with Gasteiger partial charge in [-0.2, -0.15) is 0 Å². The number of anilines is 1. The van der Waals surface area contributed by atoms with Crippen LogP contribution in [0.2, 0.25) is 0 Å². The Morgan fingerprint density at radius 1 is 1.12 bits per heavy atom. The van der Waals surface area contributed by atoms with Gasteiger partial charge in [-0.05, 0) is 18.6 Å². The van der Waals surface area contributed by atoms with Crippen molar-refractivity contribution >= 4 is 17.5 Å². The number of fused-ring (bicyclic) bond motifs is 1. The average Bonchev–Trinajstić information content (AvgIpc) is 2.69. The van der Waals surface area contributed by atoms with E-state index in [0.29, 0.717) is 0 Å². The lowest BCUT2D eigenvalue weighted by atomic mass is 9.90. The summed E-state index contributed by atoms with van der Waals surface area (Å²) < 4.78 is 0. The van der Waals surface area contributed by atoms with E-state index in [4.69, 9.17) is 0 Å². The third-order valence-corrected chi connectivity index (χ3v) is 4.42. The van der Waals surface area contributed by atoms with Crippen LogP contribution in [0, 0.1) is 12.3 Å². The predicted molar refractivity (Wildman–Crippen MR) is 99.3 cm³/mol. The monoisotopic (exact) mass is 336 g/mol. The molecule has 0 spiro atoms. The number of amides is 2. The third-order valence-electron chi connectivity index (χ3n) is 4.42. The van der Waals surface area contributed by atoms with E-state index in [1.165, 1.54) is 0 Å². The van der Waals surface area contributed by atoms with E-state index in [-0.39, 0.29) is 24.4 Å². The van der Waals surface area contributed by atoms with Crippen molar-refractivity contribution in [1.82, 2.24) is 4.90 Å². The Hall–Kier alpha value is -2.62. The molecule has 2 aromatic carbocycles. The number of aryl methyl sites for hydroxylation is 1. The maximum atomic E-state index is 13.1. The normalized spacial score (nSPS) is 17.5. The second-order valence-electron chi connectivity index (χ2n) is 7.64. The largest absolute Gasteiger partial charge is 0.324 e. The zero-order chi connectivity index (χ0) is 18.2. The second kappa shape index (κ2) is 6.36. The number of hydrogen-bond acceptors (Lipinski definition) is 2. The van der Waals surface area contributed by atoms with Gasteiger partial charge in [-0.1, -0.05) is 68.8 Å². The van der Waals surface area contributed by atoms with Gasteiger partial charge in [-0.25, -0.2) is 0 Å². The molecule has 2 amide bonds. The minimum Gasteiger partial charge on any atom is -0.324 e. The molecular formula is C21H24N2O2. The van der Waals surface area contributed by atoms with Gasteiger partial charge in [-0.3, -0.25) is 9.59 Å². The number of carbonyl (C=O) groups is 2. The number of carbonyl (C=O) groups excluding carboxylic acids is 2. The van der Waals surface area contributed by atoms with Gasteiger partial charge in [0.05, 0.1) is 6.04 Å². The third kappa shape index (κ3) is 3.43. The number of benzene rings is 2. The van der Waals surface area contributed by atoms with E-state index in [0.717, 1.165) is 22.4 Å². The maximum absolute atomic E-state index is 13.1. The van der Waals surface area contributed by atoms with E-state index in [2.05, 4.69) is 11.4 Å². The summed E-state index contributed by atoms with van der Waals surface area (Å²) in [5, 5.41) is 2.95. The molecule has 0 aliphatic carbocycles. The Labute approximate surface area is 148 Å². The average molecular weight is 336 g/mol. The molecule has 4 heteroatoms. The van der Waals surface area contributed by atoms with Crippen LogP contribution in [0.15, 0.2) is 48.5 Å². The van der Waals surface area contributed by atoms with Crippen molar-refractivity contribution < 1.29 is 9.59 Å².